The molecule has 1 N–H and O–H groups in total. The summed E-state index contributed by atoms with van der Waals surface area (Å²) in [5, 5.41) is 3.52. The zero-order valence-corrected chi connectivity index (χ0v) is 12.0. The van der Waals surface area contributed by atoms with Crippen molar-refractivity contribution in [2.24, 2.45) is 5.92 Å². The smallest absolute Gasteiger partial charge is 0.0700 e. The van der Waals surface area contributed by atoms with Crippen LogP contribution in [0.3, 0.4) is 0 Å². The minimum Gasteiger partial charge on any atom is -0.376 e. The number of rotatable bonds is 7. The number of nitrogens with one attached hydrogen (secondary N) is 1. The van der Waals surface area contributed by atoms with Crippen molar-refractivity contribution in [3.05, 3.63) is 0 Å². The molecule has 3 nitrogen and oxygen atoms in total. The maximum absolute atomic E-state index is 5.71. The van der Waals surface area contributed by atoms with Crippen LogP contribution in [0.5, 0.6) is 0 Å². The summed E-state index contributed by atoms with van der Waals surface area (Å²) in [6.07, 6.45) is 2.83. The van der Waals surface area contributed by atoms with E-state index in [9.17, 15) is 0 Å². The van der Waals surface area contributed by atoms with E-state index >= 15 is 0 Å². The molecule has 2 atom stereocenters. The molecule has 0 spiro atoms. The van der Waals surface area contributed by atoms with Crippen molar-refractivity contribution >= 4 is 0 Å². The largest absolute Gasteiger partial charge is 0.376 e. The molecule has 0 aromatic rings. The van der Waals surface area contributed by atoms with Gasteiger partial charge in [-0.25, -0.2) is 0 Å². The highest BCUT2D eigenvalue weighted by molar-refractivity contribution is 4.75. The normalized spacial score (nSPS) is 24.2. The van der Waals surface area contributed by atoms with Gasteiger partial charge >= 0.3 is 0 Å². The van der Waals surface area contributed by atoms with Crippen molar-refractivity contribution in [3.63, 3.8) is 0 Å². The van der Waals surface area contributed by atoms with Gasteiger partial charge in [-0.3, -0.25) is 4.90 Å². The fraction of sp³-hybridized carbons (Fsp3) is 1.00. The molecule has 3 heteroatoms. The number of ether oxygens (including phenoxy) is 1. The summed E-state index contributed by atoms with van der Waals surface area (Å²) in [6.45, 7) is 14.4. The van der Waals surface area contributed by atoms with Crippen LogP contribution >= 0.6 is 0 Å². The molecule has 1 fully saturated rings. The van der Waals surface area contributed by atoms with Gasteiger partial charge in [0.15, 0.2) is 0 Å². The van der Waals surface area contributed by atoms with E-state index < -0.39 is 0 Å². The number of nitrogens with zero attached hydrogens (tertiary/aromatic N) is 1. The maximum Gasteiger partial charge on any atom is 0.0700 e. The number of hydrogen-bond donors (Lipinski definition) is 1. The van der Waals surface area contributed by atoms with Crippen LogP contribution in [0.1, 0.15) is 40.5 Å². The van der Waals surface area contributed by atoms with Gasteiger partial charge in [-0.1, -0.05) is 20.8 Å². The Kier molecular flexibility index (Phi) is 7.09. The Labute approximate surface area is 107 Å². The fourth-order valence-corrected chi connectivity index (χ4v) is 2.27. The molecular formula is C14H30N2O. The third kappa shape index (κ3) is 5.84. The van der Waals surface area contributed by atoms with Crippen LogP contribution in [-0.4, -0.2) is 49.8 Å². The summed E-state index contributed by atoms with van der Waals surface area (Å²) in [5.74, 6) is 0.748. The lowest BCUT2D eigenvalue weighted by atomic mass is 10.1. The molecule has 17 heavy (non-hydrogen) atoms. The fourth-order valence-electron chi connectivity index (χ4n) is 2.27. The van der Waals surface area contributed by atoms with E-state index in [1.165, 1.54) is 6.42 Å². The molecule has 0 aromatic carbocycles. The highest BCUT2D eigenvalue weighted by atomic mass is 16.5. The molecule has 0 bridgehead atoms. The lowest BCUT2D eigenvalue weighted by molar-refractivity contribution is -0.0428. The molecule has 2 unspecified atom stereocenters. The minimum atomic E-state index is 0.454. The summed E-state index contributed by atoms with van der Waals surface area (Å²) in [4.78, 5) is 2.58. The van der Waals surface area contributed by atoms with Gasteiger partial charge in [0.25, 0.3) is 0 Å². The first-order valence-electron chi connectivity index (χ1n) is 7.19. The predicted octanol–water partition coefficient (Wildman–Crippen LogP) is 2.12. The van der Waals surface area contributed by atoms with Gasteiger partial charge < -0.3 is 10.1 Å². The zero-order chi connectivity index (χ0) is 12.7. The van der Waals surface area contributed by atoms with E-state index in [0.717, 1.165) is 45.1 Å². The molecular weight excluding hydrogens is 212 g/mol. The van der Waals surface area contributed by atoms with E-state index in [4.69, 9.17) is 4.74 Å². The number of hydrogen-bond acceptors (Lipinski definition) is 3. The highest BCUT2D eigenvalue weighted by Gasteiger charge is 2.22. The predicted molar refractivity (Wildman–Crippen MR) is 73.4 cm³/mol. The first kappa shape index (κ1) is 14.9. The lowest BCUT2D eigenvalue weighted by Gasteiger charge is -2.36. The van der Waals surface area contributed by atoms with E-state index in [0.29, 0.717) is 12.1 Å². The average Bonchev–Trinajstić information content (AvgIpc) is 2.34. The van der Waals surface area contributed by atoms with Crippen molar-refractivity contribution in [2.45, 2.75) is 52.7 Å². The van der Waals surface area contributed by atoms with Crippen molar-refractivity contribution in [3.8, 4) is 0 Å². The van der Waals surface area contributed by atoms with Gasteiger partial charge in [0, 0.05) is 19.1 Å². The molecule has 1 heterocycles. The maximum atomic E-state index is 5.71. The lowest BCUT2D eigenvalue weighted by Crippen LogP contribution is -2.47. The van der Waals surface area contributed by atoms with Crippen LogP contribution in [0.15, 0.2) is 0 Å². The molecule has 0 aliphatic carbocycles. The monoisotopic (exact) mass is 242 g/mol. The van der Waals surface area contributed by atoms with E-state index in [1.54, 1.807) is 0 Å². The van der Waals surface area contributed by atoms with Gasteiger partial charge in [-0.2, -0.15) is 0 Å². The average molecular weight is 242 g/mol. The quantitative estimate of drug-likeness (QED) is 0.692. The summed E-state index contributed by atoms with van der Waals surface area (Å²) < 4.78 is 5.71. The highest BCUT2D eigenvalue weighted by Crippen LogP contribution is 2.12. The Bertz CT molecular complexity index is 197. The number of morpholine rings is 1. The molecule has 0 saturated carbocycles. The van der Waals surface area contributed by atoms with Gasteiger partial charge in [-0.05, 0) is 38.8 Å². The van der Waals surface area contributed by atoms with Crippen LogP contribution in [0, 0.1) is 5.92 Å². The Morgan fingerprint density at radius 1 is 1.35 bits per heavy atom. The molecule has 0 amide bonds. The summed E-state index contributed by atoms with van der Waals surface area (Å²) >= 11 is 0. The van der Waals surface area contributed by atoms with Gasteiger partial charge in [-0.15, -0.1) is 0 Å². The molecule has 1 aliphatic heterocycles. The van der Waals surface area contributed by atoms with Crippen molar-refractivity contribution < 1.29 is 4.74 Å². The Balaban J connectivity index is 2.15. The van der Waals surface area contributed by atoms with Crippen molar-refractivity contribution in [1.29, 1.82) is 0 Å². The van der Waals surface area contributed by atoms with Crippen molar-refractivity contribution in [2.75, 3.05) is 32.8 Å². The summed E-state index contributed by atoms with van der Waals surface area (Å²) in [7, 11) is 0. The van der Waals surface area contributed by atoms with Crippen molar-refractivity contribution in [1.82, 2.24) is 10.2 Å². The Hall–Kier alpha value is -0.120. The van der Waals surface area contributed by atoms with Gasteiger partial charge in [0.05, 0.1) is 12.7 Å². The first-order chi connectivity index (χ1) is 8.13. The van der Waals surface area contributed by atoms with Crippen LogP contribution in [0.25, 0.3) is 0 Å². The van der Waals surface area contributed by atoms with Crippen LogP contribution < -0.4 is 5.32 Å². The molecule has 1 rings (SSSR count). The molecule has 1 saturated heterocycles. The molecule has 0 radical (unpaired) electrons. The summed E-state index contributed by atoms with van der Waals surface area (Å²) in [5.41, 5.74) is 0. The van der Waals surface area contributed by atoms with E-state index in [-0.39, 0.29) is 0 Å². The topological polar surface area (TPSA) is 24.5 Å². The zero-order valence-electron chi connectivity index (χ0n) is 12.0. The molecule has 102 valence electrons. The van der Waals surface area contributed by atoms with Crippen LogP contribution in [0.4, 0.5) is 0 Å². The van der Waals surface area contributed by atoms with Gasteiger partial charge in [0.2, 0.25) is 0 Å². The van der Waals surface area contributed by atoms with Crippen LogP contribution in [-0.2, 0) is 4.74 Å². The second-order valence-electron chi connectivity index (χ2n) is 5.63. The Morgan fingerprint density at radius 2 is 2.12 bits per heavy atom. The minimum absolute atomic E-state index is 0.454. The Morgan fingerprint density at radius 3 is 2.76 bits per heavy atom. The first-order valence-corrected chi connectivity index (χ1v) is 7.19. The summed E-state index contributed by atoms with van der Waals surface area (Å²) in [6, 6.07) is 0.674. The van der Waals surface area contributed by atoms with E-state index in [1.807, 2.05) is 0 Å². The third-order valence-corrected chi connectivity index (χ3v) is 3.54. The second-order valence-corrected chi connectivity index (χ2v) is 5.63. The molecule has 0 aromatic heterocycles. The molecule has 1 aliphatic rings. The standard InChI is InChI=1S/C14H30N2O/c1-5-14-11-16(8-9-17-14)13(4)6-7-15-10-12(2)3/h12-15H,5-11H2,1-4H3. The third-order valence-electron chi connectivity index (χ3n) is 3.54. The van der Waals surface area contributed by atoms with E-state index in [2.05, 4.69) is 37.9 Å². The SMILES string of the molecule is CCC1CN(C(C)CCNCC(C)C)CCO1. The van der Waals surface area contributed by atoms with Crippen LogP contribution in [0.2, 0.25) is 0 Å². The second kappa shape index (κ2) is 8.06. The van der Waals surface area contributed by atoms with Gasteiger partial charge in [0.1, 0.15) is 0 Å².